The standard InChI is InChI=1S/C20H18O5/c1-12(2)20(22)24-15-7-8-16-17(11-15)25-18(19(16)21)10-13-5-4-6-14(9-13)23-3/h4-12H,1-3H3/b18-10-. The second-order valence-electron chi connectivity index (χ2n) is 5.95. The largest absolute Gasteiger partial charge is 0.497 e. The van der Waals surface area contributed by atoms with Crippen molar-refractivity contribution >= 4 is 17.8 Å². The zero-order chi connectivity index (χ0) is 18.0. The zero-order valence-electron chi connectivity index (χ0n) is 14.2. The van der Waals surface area contributed by atoms with Crippen molar-refractivity contribution in [1.82, 2.24) is 0 Å². The van der Waals surface area contributed by atoms with Crippen molar-refractivity contribution in [2.24, 2.45) is 5.92 Å². The first-order chi connectivity index (χ1) is 12.0. The maximum absolute atomic E-state index is 12.5. The normalized spacial score (nSPS) is 14.4. The predicted octanol–water partition coefficient (Wildman–Crippen LogP) is 3.87. The summed E-state index contributed by atoms with van der Waals surface area (Å²) in [6, 6.07) is 12.1. The Kier molecular flexibility index (Phi) is 4.57. The maximum Gasteiger partial charge on any atom is 0.313 e. The summed E-state index contributed by atoms with van der Waals surface area (Å²) in [5, 5.41) is 0. The minimum absolute atomic E-state index is 0.209. The molecule has 2 aromatic rings. The first kappa shape index (κ1) is 16.8. The number of benzene rings is 2. The first-order valence-corrected chi connectivity index (χ1v) is 7.92. The number of rotatable bonds is 4. The molecule has 5 nitrogen and oxygen atoms in total. The topological polar surface area (TPSA) is 61.8 Å². The Morgan fingerprint density at radius 1 is 1.12 bits per heavy atom. The molecule has 0 saturated heterocycles. The molecule has 0 fully saturated rings. The number of esters is 1. The number of ketones is 1. The molecule has 0 atom stereocenters. The molecule has 1 aliphatic heterocycles. The number of carbonyl (C=O) groups excluding carboxylic acids is 2. The van der Waals surface area contributed by atoms with Crippen LogP contribution in [0, 0.1) is 5.92 Å². The van der Waals surface area contributed by atoms with Crippen molar-refractivity contribution in [3.05, 3.63) is 59.4 Å². The van der Waals surface area contributed by atoms with Gasteiger partial charge in [-0.1, -0.05) is 26.0 Å². The van der Waals surface area contributed by atoms with Crippen LogP contribution in [-0.4, -0.2) is 18.9 Å². The Morgan fingerprint density at radius 3 is 2.64 bits per heavy atom. The summed E-state index contributed by atoms with van der Waals surface area (Å²) in [5.74, 6) is 0.868. The highest BCUT2D eigenvalue weighted by Gasteiger charge is 2.28. The Morgan fingerprint density at radius 2 is 1.92 bits per heavy atom. The number of hydrogen-bond donors (Lipinski definition) is 0. The second-order valence-corrected chi connectivity index (χ2v) is 5.95. The number of hydrogen-bond acceptors (Lipinski definition) is 5. The summed E-state index contributed by atoms with van der Waals surface area (Å²) in [5.41, 5.74) is 1.24. The lowest BCUT2D eigenvalue weighted by atomic mass is 10.1. The number of Topliss-reactive ketones (excluding diaryl/α,β-unsaturated/α-hetero) is 1. The summed E-state index contributed by atoms with van der Waals surface area (Å²) < 4.78 is 16.1. The predicted molar refractivity (Wildman–Crippen MR) is 92.8 cm³/mol. The molecule has 1 aliphatic rings. The molecule has 0 amide bonds. The molecule has 0 radical (unpaired) electrons. The van der Waals surface area contributed by atoms with Crippen LogP contribution in [-0.2, 0) is 4.79 Å². The molecular weight excluding hydrogens is 320 g/mol. The van der Waals surface area contributed by atoms with Gasteiger partial charge in [-0.3, -0.25) is 9.59 Å². The fraction of sp³-hybridized carbons (Fsp3) is 0.200. The van der Waals surface area contributed by atoms with Gasteiger partial charge >= 0.3 is 5.97 Å². The van der Waals surface area contributed by atoms with E-state index in [0.717, 1.165) is 5.56 Å². The number of carbonyl (C=O) groups is 2. The van der Waals surface area contributed by atoms with E-state index >= 15 is 0 Å². The van der Waals surface area contributed by atoms with Crippen LogP contribution < -0.4 is 14.2 Å². The summed E-state index contributed by atoms with van der Waals surface area (Å²) in [4.78, 5) is 24.2. The molecule has 0 N–H and O–H groups in total. The molecule has 128 valence electrons. The smallest absolute Gasteiger partial charge is 0.313 e. The molecule has 0 aliphatic carbocycles. The lowest BCUT2D eigenvalue weighted by Crippen LogP contribution is -2.14. The van der Waals surface area contributed by atoms with Crippen LogP contribution in [0.1, 0.15) is 29.8 Å². The van der Waals surface area contributed by atoms with Crippen LogP contribution in [0.5, 0.6) is 17.2 Å². The molecule has 1 heterocycles. The molecule has 5 heteroatoms. The van der Waals surface area contributed by atoms with Gasteiger partial charge in [0.1, 0.15) is 17.2 Å². The Labute approximate surface area is 145 Å². The van der Waals surface area contributed by atoms with Gasteiger partial charge in [0, 0.05) is 6.07 Å². The van der Waals surface area contributed by atoms with E-state index in [-0.39, 0.29) is 23.4 Å². The lowest BCUT2D eigenvalue weighted by molar-refractivity contribution is -0.137. The number of methoxy groups -OCH3 is 1. The SMILES string of the molecule is COc1cccc(/C=C2\Oc3cc(OC(=O)C(C)C)ccc3C2=O)c1. The maximum atomic E-state index is 12.5. The minimum Gasteiger partial charge on any atom is -0.497 e. The van der Waals surface area contributed by atoms with Gasteiger partial charge in [0.15, 0.2) is 5.76 Å². The highest BCUT2D eigenvalue weighted by atomic mass is 16.5. The van der Waals surface area contributed by atoms with Gasteiger partial charge in [-0.15, -0.1) is 0 Å². The fourth-order valence-electron chi connectivity index (χ4n) is 2.35. The van der Waals surface area contributed by atoms with Crippen LogP contribution in [0.3, 0.4) is 0 Å². The van der Waals surface area contributed by atoms with Crippen molar-refractivity contribution in [3.63, 3.8) is 0 Å². The Hall–Kier alpha value is -3.08. The van der Waals surface area contributed by atoms with E-state index < -0.39 is 0 Å². The number of allylic oxidation sites excluding steroid dienone is 1. The molecule has 0 aromatic heterocycles. The van der Waals surface area contributed by atoms with Crippen LogP contribution in [0.2, 0.25) is 0 Å². The van der Waals surface area contributed by atoms with Gasteiger partial charge in [-0.2, -0.15) is 0 Å². The molecular formula is C20H18O5. The van der Waals surface area contributed by atoms with Crippen molar-refractivity contribution in [1.29, 1.82) is 0 Å². The van der Waals surface area contributed by atoms with Gasteiger partial charge in [0.2, 0.25) is 5.78 Å². The highest BCUT2D eigenvalue weighted by Crippen LogP contribution is 2.35. The van der Waals surface area contributed by atoms with E-state index in [2.05, 4.69) is 0 Å². The molecule has 0 spiro atoms. The van der Waals surface area contributed by atoms with Crippen LogP contribution in [0.4, 0.5) is 0 Å². The monoisotopic (exact) mass is 338 g/mol. The van der Waals surface area contributed by atoms with Gasteiger partial charge in [0.05, 0.1) is 18.6 Å². The third-order valence-corrected chi connectivity index (χ3v) is 3.72. The van der Waals surface area contributed by atoms with E-state index in [1.807, 2.05) is 24.3 Å². The Bertz CT molecular complexity index is 864. The Balaban J connectivity index is 1.85. The fourth-order valence-corrected chi connectivity index (χ4v) is 2.35. The lowest BCUT2D eigenvalue weighted by Gasteiger charge is -2.07. The van der Waals surface area contributed by atoms with Crippen LogP contribution in [0.25, 0.3) is 6.08 Å². The van der Waals surface area contributed by atoms with Gasteiger partial charge in [0.25, 0.3) is 0 Å². The van der Waals surface area contributed by atoms with E-state index in [4.69, 9.17) is 14.2 Å². The molecule has 0 saturated carbocycles. The van der Waals surface area contributed by atoms with Crippen molar-refractivity contribution in [2.75, 3.05) is 7.11 Å². The zero-order valence-corrected chi connectivity index (χ0v) is 14.2. The van der Waals surface area contributed by atoms with Crippen LogP contribution in [0.15, 0.2) is 48.2 Å². The average molecular weight is 338 g/mol. The third-order valence-electron chi connectivity index (χ3n) is 3.72. The van der Waals surface area contributed by atoms with E-state index in [9.17, 15) is 9.59 Å². The minimum atomic E-state index is -0.337. The summed E-state index contributed by atoms with van der Waals surface area (Å²) in [6.07, 6.45) is 1.66. The third kappa shape index (κ3) is 3.55. The van der Waals surface area contributed by atoms with Gasteiger partial charge in [-0.05, 0) is 35.9 Å². The first-order valence-electron chi connectivity index (χ1n) is 7.92. The molecule has 0 unspecified atom stereocenters. The van der Waals surface area contributed by atoms with E-state index in [1.165, 1.54) is 0 Å². The van der Waals surface area contributed by atoms with E-state index in [1.54, 1.807) is 45.2 Å². The summed E-state index contributed by atoms with van der Waals surface area (Å²) in [7, 11) is 1.58. The molecule has 2 aromatic carbocycles. The van der Waals surface area contributed by atoms with Gasteiger partial charge < -0.3 is 14.2 Å². The van der Waals surface area contributed by atoms with Crippen molar-refractivity contribution in [3.8, 4) is 17.2 Å². The quantitative estimate of drug-likeness (QED) is 0.481. The molecule has 0 bridgehead atoms. The average Bonchev–Trinajstić information content (AvgIpc) is 2.90. The molecule has 3 rings (SSSR count). The number of fused-ring (bicyclic) bond motifs is 1. The highest BCUT2D eigenvalue weighted by molar-refractivity contribution is 6.14. The van der Waals surface area contributed by atoms with E-state index in [0.29, 0.717) is 22.8 Å². The second kappa shape index (κ2) is 6.81. The summed E-state index contributed by atoms with van der Waals surface area (Å²) >= 11 is 0. The summed E-state index contributed by atoms with van der Waals surface area (Å²) in [6.45, 7) is 3.51. The van der Waals surface area contributed by atoms with Gasteiger partial charge in [-0.25, -0.2) is 0 Å². The van der Waals surface area contributed by atoms with Crippen LogP contribution >= 0.6 is 0 Å². The van der Waals surface area contributed by atoms with Crippen molar-refractivity contribution in [2.45, 2.75) is 13.8 Å². The number of ether oxygens (including phenoxy) is 3. The molecule has 25 heavy (non-hydrogen) atoms. The van der Waals surface area contributed by atoms with Crippen molar-refractivity contribution < 1.29 is 23.8 Å².